The molecule has 2 aromatic rings. The Kier molecular flexibility index (Phi) is 7.31. The second-order valence-corrected chi connectivity index (χ2v) is 8.24. The van der Waals surface area contributed by atoms with Gasteiger partial charge in [-0.15, -0.1) is 13.2 Å². The molecule has 1 fully saturated rings. The van der Waals surface area contributed by atoms with Gasteiger partial charge < -0.3 is 19.3 Å². The Morgan fingerprint density at radius 1 is 1.21 bits per heavy atom. The lowest BCUT2D eigenvalue weighted by atomic mass is 10.2. The maximum absolute atomic E-state index is 13.1. The van der Waals surface area contributed by atoms with Crippen LogP contribution in [0.5, 0.6) is 5.75 Å². The molecule has 3 rings (SSSR count). The standard InChI is InChI=1S/C22H27F3N4O4/c1-14(2)29-11-18(32-13-16-5-7-17(8-6-16)33-22(23,24)25)10-28(12-20(29)30)21(31)19-9-15(3)26-27(19)4/h5-9,14,18H,10-13H2,1-4H3/t18-/m0/s1. The fourth-order valence-corrected chi connectivity index (χ4v) is 3.68. The molecular formula is C22H27F3N4O4. The van der Waals surface area contributed by atoms with Crippen LogP contribution in [0.1, 0.15) is 35.6 Å². The lowest BCUT2D eigenvalue weighted by Gasteiger charge is -2.27. The molecule has 1 aliphatic heterocycles. The first-order valence-electron chi connectivity index (χ1n) is 10.5. The van der Waals surface area contributed by atoms with Gasteiger partial charge in [-0.1, -0.05) is 12.1 Å². The van der Waals surface area contributed by atoms with Crippen LogP contribution in [0, 0.1) is 6.92 Å². The van der Waals surface area contributed by atoms with Crippen molar-refractivity contribution in [3.8, 4) is 5.75 Å². The summed E-state index contributed by atoms with van der Waals surface area (Å²) in [4.78, 5) is 29.0. The molecule has 33 heavy (non-hydrogen) atoms. The predicted molar refractivity (Wildman–Crippen MR) is 112 cm³/mol. The number of rotatable bonds is 6. The zero-order valence-electron chi connectivity index (χ0n) is 18.9. The summed E-state index contributed by atoms with van der Waals surface area (Å²) in [5, 5.41) is 4.20. The number of alkyl halides is 3. The molecule has 0 radical (unpaired) electrons. The molecule has 8 nitrogen and oxygen atoms in total. The molecule has 1 saturated heterocycles. The maximum Gasteiger partial charge on any atom is 0.573 e. The Bertz CT molecular complexity index is 989. The number of aromatic nitrogens is 2. The van der Waals surface area contributed by atoms with Crippen molar-refractivity contribution in [3.63, 3.8) is 0 Å². The van der Waals surface area contributed by atoms with Gasteiger partial charge in [-0.3, -0.25) is 14.3 Å². The highest BCUT2D eigenvalue weighted by Gasteiger charge is 2.33. The van der Waals surface area contributed by atoms with E-state index in [1.807, 2.05) is 13.8 Å². The second kappa shape index (κ2) is 9.82. The number of benzene rings is 1. The molecule has 1 aromatic carbocycles. The molecule has 2 amide bonds. The fourth-order valence-electron chi connectivity index (χ4n) is 3.68. The first kappa shape index (κ1) is 24.6. The molecule has 0 saturated carbocycles. The Morgan fingerprint density at radius 3 is 2.42 bits per heavy atom. The first-order chi connectivity index (χ1) is 15.4. The number of hydrogen-bond acceptors (Lipinski definition) is 5. The highest BCUT2D eigenvalue weighted by atomic mass is 19.4. The summed E-state index contributed by atoms with van der Waals surface area (Å²) in [6, 6.07) is 6.96. The summed E-state index contributed by atoms with van der Waals surface area (Å²) < 4.78 is 48.4. The molecule has 1 aromatic heterocycles. The number of halogens is 3. The van der Waals surface area contributed by atoms with Crippen molar-refractivity contribution in [2.24, 2.45) is 7.05 Å². The van der Waals surface area contributed by atoms with Crippen molar-refractivity contribution < 1.29 is 32.2 Å². The van der Waals surface area contributed by atoms with E-state index in [0.717, 1.165) is 0 Å². The number of carbonyl (C=O) groups excluding carboxylic acids is 2. The molecule has 0 spiro atoms. The van der Waals surface area contributed by atoms with Gasteiger partial charge in [0.15, 0.2) is 0 Å². The van der Waals surface area contributed by atoms with E-state index in [1.165, 1.54) is 33.8 Å². The van der Waals surface area contributed by atoms with Crippen LogP contribution < -0.4 is 4.74 Å². The van der Waals surface area contributed by atoms with Crippen LogP contribution in [-0.2, 0) is 23.2 Å². The van der Waals surface area contributed by atoms with Crippen molar-refractivity contribution in [2.75, 3.05) is 19.6 Å². The Labute approximate surface area is 189 Å². The van der Waals surface area contributed by atoms with Crippen LogP contribution in [0.3, 0.4) is 0 Å². The highest BCUT2D eigenvalue weighted by molar-refractivity contribution is 5.95. The molecule has 1 atom stereocenters. The summed E-state index contributed by atoms with van der Waals surface area (Å²) >= 11 is 0. The first-order valence-corrected chi connectivity index (χ1v) is 10.5. The minimum absolute atomic E-state index is 0.0788. The van der Waals surface area contributed by atoms with Crippen molar-refractivity contribution in [3.05, 3.63) is 47.3 Å². The highest BCUT2D eigenvalue weighted by Crippen LogP contribution is 2.23. The quantitative estimate of drug-likeness (QED) is 0.652. The Hall–Kier alpha value is -3.08. The van der Waals surface area contributed by atoms with Gasteiger partial charge in [0.2, 0.25) is 5.91 Å². The lowest BCUT2D eigenvalue weighted by Crippen LogP contribution is -2.42. The van der Waals surface area contributed by atoms with Crippen LogP contribution >= 0.6 is 0 Å². The monoisotopic (exact) mass is 468 g/mol. The normalized spacial score (nSPS) is 17.5. The minimum Gasteiger partial charge on any atom is -0.406 e. The van der Waals surface area contributed by atoms with Crippen LogP contribution in [0.2, 0.25) is 0 Å². The number of ether oxygens (including phenoxy) is 2. The molecule has 0 N–H and O–H groups in total. The van der Waals surface area contributed by atoms with Gasteiger partial charge in [0.1, 0.15) is 18.0 Å². The van der Waals surface area contributed by atoms with Crippen molar-refractivity contribution >= 4 is 11.8 Å². The molecule has 0 aliphatic carbocycles. The minimum atomic E-state index is -4.76. The maximum atomic E-state index is 13.1. The van der Waals surface area contributed by atoms with Gasteiger partial charge in [-0.05, 0) is 44.5 Å². The average molecular weight is 468 g/mol. The summed E-state index contributed by atoms with van der Waals surface area (Å²) in [6.07, 6.45) is -5.24. The third-order valence-corrected chi connectivity index (χ3v) is 5.25. The number of hydrogen-bond donors (Lipinski definition) is 0. The Morgan fingerprint density at radius 2 is 1.88 bits per heavy atom. The smallest absolute Gasteiger partial charge is 0.406 e. The number of amides is 2. The van der Waals surface area contributed by atoms with Crippen molar-refractivity contribution in [1.29, 1.82) is 0 Å². The third kappa shape index (κ3) is 6.47. The van der Waals surface area contributed by atoms with Crippen molar-refractivity contribution in [2.45, 2.75) is 45.9 Å². The van der Waals surface area contributed by atoms with E-state index in [1.54, 1.807) is 24.9 Å². The largest absolute Gasteiger partial charge is 0.573 e. The SMILES string of the molecule is Cc1cc(C(=O)N2CC(=O)N(C(C)C)C[C@@H](OCc3ccc(OC(F)(F)F)cc3)C2)n(C)n1. The Balaban J connectivity index is 1.72. The van der Waals surface area contributed by atoms with Gasteiger partial charge in [0, 0.05) is 26.2 Å². The molecular weight excluding hydrogens is 441 g/mol. The topological polar surface area (TPSA) is 76.9 Å². The van der Waals surface area contributed by atoms with E-state index < -0.39 is 12.5 Å². The van der Waals surface area contributed by atoms with Gasteiger partial charge in [-0.2, -0.15) is 5.10 Å². The molecule has 0 bridgehead atoms. The van der Waals surface area contributed by atoms with Crippen LogP contribution in [0.25, 0.3) is 0 Å². The molecule has 1 aliphatic rings. The van der Waals surface area contributed by atoms with Gasteiger partial charge >= 0.3 is 6.36 Å². The average Bonchev–Trinajstić information content (AvgIpc) is 2.95. The van der Waals surface area contributed by atoms with Crippen LogP contribution in [0.15, 0.2) is 30.3 Å². The third-order valence-electron chi connectivity index (χ3n) is 5.25. The second-order valence-electron chi connectivity index (χ2n) is 8.24. The van der Waals surface area contributed by atoms with E-state index >= 15 is 0 Å². The number of nitrogens with zero attached hydrogens (tertiary/aromatic N) is 4. The van der Waals surface area contributed by atoms with E-state index in [0.29, 0.717) is 23.5 Å². The van der Waals surface area contributed by atoms with Crippen LogP contribution in [0.4, 0.5) is 13.2 Å². The van der Waals surface area contributed by atoms with E-state index in [-0.39, 0.29) is 43.3 Å². The van der Waals surface area contributed by atoms with Crippen molar-refractivity contribution in [1.82, 2.24) is 19.6 Å². The summed E-state index contributed by atoms with van der Waals surface area (Å²) in [5.74, 6) is -0.822. The molecule has 0 unspecified atom stereocenters. The molecule has 2 heterocycles. The van der Waals surface area contributed by atoms with Gasteiger partial charge in [0.25, 0.3) is 5.91 Å². The summed E-state index contributed by atoms with van der Waals surface area (Å²) in [6.45, 7) is 6.05. The van der Waals surface area contributed by atoms with E-state index in [2.05, 4.69) is 9.84 Å². The van der Waals surface area contributed by atoms with E-state index in [9.17, 15) is 22.8 Å². The number of aryl methyl sites for hydroxylation is 2. The number of carbonyl (C=O) groups is 2. The summed E-state index contributed by atoms with van der Waals surface area (Å²) in [5.41, 5.74) is 1.70. The zero-order chi connectivity index (χ0) is 24.3. The predicted octanol–water partition coefficient (Wildman–Crippen LogP) is 2.91. The fraction of sp³-hybridized carbons (Fsp3) is 0.500. The van der Waals surface area contributed by atoms with E-state index in [4.69, 9.17) is 4.74 Å². The van der Waals surface area contributed by atoms with Gasteiger partial charge in [0.05, 0.1) is 18.4 Å². The molecule has 180 valence electrons. The lowest BCUT2D eigenvalue weighted by molar-refractivity contribution is -0.274. The summed E-state index contributed by atoms with van der Waals surface area (Å²) in [7, 11) is 1.67. The van der Waals surface area contributed by atoms with Gasteiger partial charge in [-0.25, -0.2) is 0 Å². The molecule has 11 heteroatoms. The zero-order valence-corrected chi connectivity index (χ0v) is 18.9. The van der Waals surface area contributed by atoms with Crippen LogP contribution in [-0.4, -0.2) is 69.5 Å².